The fraction of sp³-hybridized carbons (Fsp3) is 0.211. The molecule has 2 amide bonds. The zero-order valence-corrected chi connectivity index (χ0v) is 14.4. The number of benzene rings is 2. The van der Waals surface area contributed by atoms with Crippen molar-refractivity contribution < 1.29 is 9.59 Å². The molecule has 0 aliphatic carbocycles. The molecule has 0 atom stereocenters. The molecule has 0 saturated heterocycles. The summed E-state index contributed by atoms with van der Waals surface area (Å²) in [5, 5.41) is 13.0. The van der Waals surface area contributed by atoms with E-state index in [9.17, 15) is 9.59 Å². The highest BCUT2D eigenvalue weighted by molar-refractivity contribution is 6.43. The number of fused-ring (bicyclic) bond motifs is 1. The number of anilines is 2. The third-order valence-electron chi connectivity index (χ3n) is 3.89. The van der Waals surface area contributed by atoms with Crippen LogP contribution in [0.25, 0.3) is 10.9 Å². The molecule has 3 aromatic rings. The number of H-pyrrole nitrogens is 1. The second kappa shape index (κ2) is 6.39. The molecular formula is C19H20N4O2. The number of hydrogen-bond acceptors (Lipinski definition) is 3. The monoisotopic (exact) mass is 336 g/mol. The number of carbonyl (C=O) groups is 2. The highest BCUT2D eigenvalue weighted by Gasteiger charge is 2.21. The topological polar surface area (TPSA) is 86.9 Å². The Balaban J connectivity index is 1.74. The molecule has 3 rings (SSSR count). The Morgan fingerprint density at radius 1 is 1.00 bits per heavy atom. The van der Waals surface area contributed by atoms with E-state index in [0.29, 0.717) is 11.4 Å². The molecule has 6 nitrogen and oxygen atoms in total. The molecule has 128 valence electrons. The number of para-hydroxylation sites is 1. The summed E-state index contributed by atoms with van der Waals surface area (Å²) in [6.07, 6.45) is 1.69. The lowest BCUT2D eigenvalue weighted by Crippen LogP contribution is -2.30. The standard InChI is InChI=1S/C19H20N4O2/c1-19(2,3)14-6-4-5-7-15(14)22-18(25)17(24)21-13-9-8-12-11-20-23-16(12)10-13/h4-11H,1-3H3,(H,20,23)(H,21,24)(H,22,25). The number of aromatic amines is 1. The van der Waals surface area contributed by atoms with Crippen LogP contribution in [0.3, 0.4) is 0 Å². The minimum Gasteiger partial charge on any atom is -0.318 e. The van der Waals surface area contributed by atoms with Crippen molar-refractivity contribution in [2.24, 2.45) is 0 Å². The van der Waals surface area contributed by atoms with Crippen LogP contribution >= 0.6 is 0 Å². The van der Waals surface area contributed by atoms with Gasteiger partial charge in [-0.2, -0.15) is 5.10 Å². The van der Waals surface area contributed by atoms with Gasteiger partial charge in [-0.05, 0) is 35.2 Å². The summed E-state index contributed by atoms with van der Waals surface area (Å²) in [5.74, 6) is -1.43. The van der Waals surface area contributed by atoms with Gasteiger partial charge in [-0.1, -0.05) is 39.0 Å². The molecule has 1 heterocycles. The second-order valence-corrected chi connectivity index (χ2v) is 6.88. The fourth-order valence-corrected chi connectivity index (χ4v) is 2.63. The Morgan fingerprint density at radius 2 is 1.72 bits per heavy atom. The molecule has 1 aromatic heterocycles. The highest BCUT2D eigenvalue weighted by Crippen LogP contribution is 2.29. The molecule has 0 saturated carbocycles. The Bertz CT molecular complexity index is 938. The van der Waals surface area contributed by atoms with E-state index in [2.05, 4.69) is 41.6 Å². The van der Waals surface area contributed by atoms with E-state index in [1.54, 1.807) is 24.4 Å². The summed E-state index contributed by atoms with van der Waals surface area (Å²) >= 11 is 0. The molecule has 0 spiro atoms. The lowest BCUT2D eigenvalue weighted by Gasteiger charge is -2.22. The van der Waals surface area contributed by atoms with Crippen molar-refractivity contribution in [1.82, 2.24) is 10.2 Å². The van der Waals surface area contributed by atoms with Gasteiger partial charge in [0.05, 0.1) is 11.7 Å². The highest BCUT2D eigenvalue weighted by atomic mass is 16.2. The third-order valence-corrected chi connectivity index (χ3v) is 3.89. The average Bonchev–Trinajstić information content (AvgIpc) is 3.02. The first-order valence-electron chi connectivity index (χ1n) is 7.99. The zero-order chi connectivity index (χ0) is 18.0. The van der Waals surface area contributed by atoms with Crippen LogP contribution in [0.5, 0.6) is 0 Å². The van der Waals surface area contributed by atoms with Crippen LogP contribution in [0.1, 0.15) is 26.3 Å². The van der Waals surface area contributed by atoms with Crippen LogP contribution < -0.4 is 10.6 Å². The van der Waals surface area contributed by atoms with Gasteiger partial charge in [0.15, 0.2) is 0 Å². The van der Waals surface area contributed by atoms with Gasteiger partial charge in [-0.3, -0.25) is 14.7 Å². The number of nitrogens with one attached hydrogen (secondary N) is 3. The van der Waals surface area contributed by atoms with Gasteiger partial charge in [0, 0.05) is 16.8 Å². The van der Waals surface area contributed by atoms with Gasteiger partial charge in [-0.25, -0.2) is 0 Å². The first-order valence-corrected chi connectivity index (χ1v) is 7.99. The third kappa shape index (κ3) is 3.68. The van der Waals surface area contributed by atoms with Gasteiger partial charge in [0.1, 0.15) is 0 Å². The predicted octanol–water partition coefficient (Wildman–Crippen LogP) is 3.44. The van der Waals surface area contributed by atoms with Gasteiger partial charge >= 0.3 is 11.8 Å². The molecular weight excluding hydrogens is 316 g/mol. The van der Waals surface area contributed by atoms with Gasteiger partial charge in [0.2, 0.25) is 0 Å². The van der Waals surface area contributed by atoms with Crippen LogP contribution in [0.2, 0.25) is 0 Å². The molecule has 0 bridgehead atoms. The normalized spacial score (nSPS) is 11.3. The molecule has 6 heteroatoms. The number of carbonyl (C=O) groups excluding carboxylic acids is 2. The number of rotatable bonds is 2. The molecule has 0 radical (unpaired) electrons. The van der Waals surface area contributed by atoms with Gasteiger partial charge in [-0.15, -0.1) is 0 Å². The van der Waals surface area contributed by atoms with Gasteiger partial charge in [0.25, 0.3) is 0 Å². The fourth-order valence-electron chi connectivity index (χ4n) is 2.63. The lowest BCUT2D eigenvalue weighted by atomic mass is 9.86. The van der Waals surface area contributed by atoms with Crippen molar-refractivity contribution in [2.45, 2.75) is 26.2 Å². The summed E-state index contributed by atoms with van der Waals surface area (Å²) in [5.41, 5.74) is 2.78. The van der Waals surface area contributed by atoms with Crippen LogP contribution in [0.4, 0.5) is 11.4 Å². The van der Waals surface area contributed by atoms with Crippen LogP contribution in [0, 0.1) is 0 Å². The summed E-state index contributed by atoms with van der Waals surface area (Å²) in [4.78, 5) is 24.5. The van der Waals surface area contributed by atoms with E-state index < -0.39 is 11.8 Å². The van der Waals surface area contributed by atoms with Crippen molar-refractivity contribution in [2.75, 3.05) is 10.6 Å². The van der Waals surface area contributed by atoms with E-state index in [4.69, 9.17) is 0 Å². The molecule has 25 heavy (non-hydrogen) atoms. The maximum atomic E-state index is 12.3. The maximum absolute atomic E-state index is 12.3. The van der Waals surface area contributed by atoms with Crippen LogP contribution in [-0.4, -0.2) is 22.0 Å². The van der Waals surface area contributed by atoms with Crippen molar-refractivity contribution in [3.8, 4) is 0 Å². The first kappa shape index (κ1) is 16.7. The predicted molar refractivity (Wildman–Crippen MR) is 98.5 cm³/mol. The quantitative estimate of drug-likeness (QED) is 0.627. The van der Waals surface area contributed by atoms with E-state index in [-0.39, 0.29) is 5.41 Å². The Kier molecular flexibility index (Phi) is 4.27. The molecule has 0 unspecified atom stereocenters. The Morgan fingerprint density at radius 3 is 2.48 bits per heavy atom. The largest absolute Gasteiger partial charge is 0.318 e. The van der Waals surface area contributed by atoms with Crippen molar-refractivity contribution in [1.29, 1.82) is 0 Å². The smallest absolute Gasteiger partial charge is 0.314 e. The Hall–Kier alpha value is -3.15. The zero-order valence-electron chi connectivity index (χ0n) is 14.4. The molecule has 3 N–H and O–H groups in total. The van der Waals surface area contributed by atoms with E-state index >= 15 is 0 Å². The number of hydrogen-bond donors (Lipinski definition) is 3. The second-order valence-electron chi connectivity index (χ2n) is 6.88. The first-order chi connectivity index (χ1) is 11.8. The summed E-state index contributed by atoms with van der Waals surface area (Å²) < 4.78 is 0. The summed E-state index contributed by atoms with van der Waals surface area (Å²) in [6, 6.07) is 12.8. The van der Waals surface area contributed by atoms with E-state index in [1.165, 1.54) is 0 Å². The number of amides is 2. The lowest BCUT2D eigenvalue weighted by molar-refractivity contribution is -0.133. The number of nitrogens with zero attached hydrogens (tertiary/aromatic N) is 1. The summed E-state index contributed by atoms with van der Waals surface area (Å²) in [7, 11) is 0. The van der Waals surface area contributed by atoms with Gasteiger partial charge < -0.3 is 10.6 Å². The SMILES string of the molecule is CC(C)(C)c1ccccc1NC(=O)C(=O)Nc1ccc2cn[nH]c2c1. The molecule has 0 aliphatic heterocycles. The van der Waals surface area contributed by atoms with E-state index in [1.807, 2.05) is 24.3 Å². The van der Waals surface area contributed by atoms with Crippen LogP contribution in [0.15, 0.2) is 48.7 Å². The van der Waals surface area contributed by atoms with Crippen molar-refractivity contribution >= 4 is 34.1 Å². The van der Waals surface area contributed by atoms with Crippen molar-refractivity contribution in [3.63, 3.8) is 0 Å². The molecule has 0 fully saturated rings. The van der Waals surface area contributed by atoms with Crippen LogP contribution in [-0.2, 0) is 15.0 Å². The minimum absolute atomic E-state index is 0.147. The summed E-state index contributed by atoms with van der Waals surface area (Å²) in [6.45, 7) is 6.16. The average molecular weight is 336 g/mol. The van der Waals surface area contributed by atoms with Crippen molar-refractivity contribution in [3.05, 3.63) is 54.2 Å². The van der Waals surface area contributed by atoms with E-state index in [0.717, 1.165) is 16.5 Å². The molecule has 0 aliphatic rings. The Labute approximate surface area is 145 Å². The molecule has 2 aromatic carbocycles. The minimum atomic E-state index is -0.720. The maximum Gasteiger partial charge on any atom is 0.314 e. The number of aromatic nitrogens is 2.